The zero-order valence-electron chi connectivity index (χ0n) is 10.8. The van der Waals surface area contributed by atoms with Crippen LogP contribution in [-0.4, -0.2) is 14.8 Å². The average Bonchev–Trinajstić information content (AvgIpc) is 2.95. The Morgan fingerprint density at radius 2 is 1.90 bits per heavy atom. The molecule has 2 N–H and O–H groups in total. The number of rotatable bonds is 2. The Labute approximate surface area is 118 Å². The average molecular weight is 292 g/mol. The highest BCUT2D eigenvalue weighted by Gasteiger charge is 2.33. The van der Waals surface area contributed by atoms with Gasteiger partial charge >= 0.3 is 6.18 Å². The molecule has 0 bridgehead atoms. The summed E-state index contributed by atoms with van der Waals surface area (Å²) in [6.07, 6.45) is -3.18. The smallest absolute Gasteiger partial charge is 0.325 e. The molecular weight excluding hydrogens is 281 g/mol. The fourth-order valence-electron chi connectivity index (χ4n) is 2.11. The third kappa shape index (κ3) is 2.47. The summed E-state index contributed by atoms with van der Waals surface area (Å²) in [4.78, 5) is 4.35. The second-order valence-electron chi connectivity index (χ2n) is 4.50. The van der Waals surface area contributed by atoms with E-state index in [1.165, 1.54) is 10.9 Å². The number of benzene rings is 1. The minimum absolute atomic E-state index is 0.200. The van der Waals surface area contributed by atoms with E-state index in [1.807, 2.05) is 6.07 Å². The van der Waals surface area contributed by atoms with Crippen molar-refractivity contribution in [3.63, 3.8) is 0 Å². The molecule has 21 heavy (non-hydrogen) atoms. The van der Waals surface area contributed by atoms with E-state index in [1.54, 1.807) is 24.3 Å². The molecule has 4 nitrogen and oxygen atoms in total. The maximum atomic E-state index is 12.7. The van der Waals surface area contributed by atoms with Gasteiger partial charge in [-0.05, 0) is 18.2 Å². The molecule has 0 amide bonds. The van der Waals surface area contributed by atoms with Gasteiger partial charge in [-0.3, -0.25) is 4.98 Å². The highest BCUT2D eigenvalue weighted by atomic mass is 19.4. The molecule has 3 aromatic rings. The highest BCUT2D eigenvalue weighted by Crippen LogP contribution is 2.29. The lowest BCUT2D eigenvalue weighted by atomic mass is 10.1. The SMILES string of the molecule is NCc1cc(-n2ccc(C(F)(F)F)n2)c2ccccc2n1. The van der Waals surface area contributed by atoms with Crippen molar-refractivity contribution in [1.82, 2.24) is 14.8 Å². The van der Waals surface area contributed by atoms with Gasteiger partial charge < -0.3 is 5.73 Å². The number of para-hydroxylation sites is 1. The first-order chi connectivity index (χ1) is 9.99. The molecule has 0 fully saturated rings. The van der Waals surface area contributed by atoms with Crippen molar-refractivity contribution in [3.8, 4) is 5.69 Å². The molecule has 0 aliphatic carbocycles. The van der Waals surface area contributed by atoms with Crippen molar-refractivity contribution < 1.29 is 13.2 Å². The number of nitrogens with two attached hydrogens (primary N) is 1. The molecule has 2 aromatic heterocycles. The molecule has 0 spiro atoms. The van der Waals surface area contributed by atoms with Gasteiger partial charge in [0.25, 0.3) is 0 Å². The Balaban J connectivity index is 2.21. The Morgan fingerprint density at radius 3 is 2.57 bits per heavy atom. The molecule has 0 saturated carbocycles. The van der Waals surface area contributed by atoms with E-state index < -0.39 is 11.9 Å². The van der Waals surface area contributed by atoms with Crippen molar-refractivity contribution in [3.05, 3.63) is 54.0 Å². The van der Waals surface area contributed by atoms with E-state index in [2.05, 4.69) is 10.1 Å². The largest absolute Gasteiger partial charge is 0.435 e. The summed E-state index contributed by atoms with van der Waals surface area (Å²) >= 11 is 0. The van der Waals surface area contributed by atoms with E-state index in [-0.39, 0.29) is 6.54 Å². The predicted molar refractivity (Wildman–Crippen MR) is 71.8 cm³/mol. The Hall–Kier alpha value is -2.41. The molecule has 2 heterocycles. The summed E-state index contributed by atoms with van der Waals surface area (Å²) in [6.45, 7) is 0.200. The third-order valence-corrected chi connectivity index (χ3v) is 3.08. The number of fused-ring (bicyclic) bond motifs is 1. The number of hydrogen-bond donors (Lipinski definition) is 1. The monoisotopic (exact) mass is 292 g/mol. The van der Waals surface area contributed by atoms with Crippen LogP contribution in [0.1, 0.15) is 11.4 Å². The minimum atomic E-state index is -4.47. The first-order valence-corrected chi connectivity index (χ1v) is 6.21. The zero-order chi connectivity index (χ0) is 15.0. The van der Waals surface area contributed by atoms with Crippen molar-refractivity contribution in [1.29, 1.82) is 0 Å². The Bertz CT molecular complexity index is 792. The topological polar surface area (TPSA) is 56.7 Å². The van der Waals surface area contributed by atoms with E-state index >= 15 is 0 Å². The molecule has 0 saturated heterocycles. The van der Waals surface area contributed by atoms with Crippen LogP contribution in [0.25, 0.3) is 16.6 Å². The van der Waals surface area contributed by atoms with Crippen LogP contribution >= 0.6 is 0 Å². The first-order valence-electron chi connectivity index (χ1n) is 6.21. The summed E-state index contributed by atoms with van der Waals surface area (Å²) in [7, 11) is 0. The lowest BCUT2D eigenvalue weighted by Crippen LogP contribution is -2.08. The fraction of sp³-hybridized carbons (Fsp3) is 0.143. The zero-order valence-corrected chi connectivity index (χ0v) is 10.8. The van der Waals surface area contributed by atoms with Gasteiger partial charge in [0.2, 0.25) is 0 Å². The fourth-order valence-corrected chi connectivity index (χ4v) is 2.11. The summed E-state index contributed by atoms with van der Waals surface area (Å²) in [5.74, 6) is 0. The molecule has 0 atom stereocenters. The lowest BCUT2D eigenvalue weighted by molar-refractivity contribution is -0.141. The molecule has 108 valence electrons. The van der Waals surface area contributed by atoms with Gasteiger partial charge in [0, 0.05) is 18.1 Å². The van der Waals surface area contributed by atoms with Crippen LogP contribution in [0.4, 0.5) is 13.2 Å². The van der Waals surface area contributed by atoms with Gasteiger partial charge in [-0.2, -0.15) is 18.3 Å². The predicted octanol–water partition coefficient (Wildman–Crippen LogP) is 2.90. The second kappa shape index (κ2) is 4.85. The van der Waals surface area contributed by atoms with Gasteiger partial charge in [0.05, 0.1) is 16.9 Å². The highest BCUT2D eigenvalue weighted by molar-refractivity contribution is 5.87. The maximum Gasteiger partial charge on any atom is 0.435 e. The normalized spacial score (nSPS) is 12.0. The molecular formula is C14H11F3N4. The van der Waals surface area contributed by atoms with Gasteiger partial charge in [0.1, 0.15) is 0 Å². The molecule has 0 unspecified atom stereocenters. The number of aromatic nitrogens is 3. The van der Waals surface area contributed by atoms with Crippen molar-refractivity contribution in [2.45, 2.75) is 12.7 Å². The summed E-state index contributed by atoms with van der Waals surface area (Å²) in [5, 5.41) is 4.31. The molecule has 0 aliphatic heterocycles. The molecule has 3 rings (SSSR count). The minimum Gasteiger partial charge on any atom is -0.325 e. The summed E-state index contributed by atoms with van der Waals surface area (Å²) in [6, 6.07) is 9.76. The van der Waals surface area contributed by atoms with Crippen molar-refractivity contribution in [2.24, 2.45) is 5.73 Å². The lowest BCUT2D eigenvalue weighted by Gasteiger charge is -2.09. The van der Waals surface area contributed by atoms with Gasteiger partial charge in [-0.15, -0.1) is 0 Å². The quantitative estimate of drug-likeness (QED) is 0.790. The van der Waals surface area contributed by atoms with Crippen molar-refractivity contribution >= 4 is 10.9 Å². The number of pyridine rings is 1. The molecule has 0 radical (unpaired) electrons. The molecule has 1 aromatic carbocycles. The second-order valence-corrected chi connectivity index (χ2v) is 4.50. The van der Waals surface area contributed by atoms with Crippen molar-refractivity contribution in [2.75, 3.05) is 0 Å². The Morgan fingerprint density at radius 1 is 1.14 bits per heavy atom. The van der Waals surface area contributed by atoms with E-state index in [0.717, 1.165) is 6.07 Å². The Kier molecular flexibility index (Phi) is 3.13. The van der Waals surface area contributed by atoms with Crippen LogP contribution < -0.4 is 5.73 Å². The van der Waals surface area contributed by atoms with Gasteiger partial charge in [-0.1, -0.05) is 18.2 Å². The number of alkyl halides is 3. The maximum absolute atomic E-state index is 12.7. The van der Waals surface area contributed by atoms with E-state index in [4.69, 9.17) is 5.73 Å². The summed E-state index contributed by atoms with van der Waals surface area (Å²) < 4.78 is 39.2. The van der Waals surface area contributed by atoms with Crippen LogP contribution in [-0.2, 0) is 12.7 Å². The van der Waals surface area contributed by atoms with Gasteiger partial charge in [0.15, 0.2) is 5.69 Å². The van der Waals surface area contributed by atoms with Gasteiger partial charge in [-0.25, -0.2) is 4.68 Å². The van der Waals surface area contributed by atoms with E-state index in [0.29, 0.717) is 22.3 Å². The number of halogens is 3. The van der Waals surface area contributed by atoms with Crippen LogP contribution in [0.5, 0.6) is 0 Å². The van der Waals surface area contributed by atoms with Crippen LogP contribution in [0.2, 0.25) is 0 Å². The number of nitrogens with zero attached hydrogens (tertiary/aromatic N) is 3. The standard InChI is InChI=1S/C14H11F3N4/c15-14(16,17)13-5-6-21(20-13)12-7-9(8-18)19-11-4-2-1-3-10(11)12/h1-7H,8,18H2. The summed E-state index contributed by atoms with van der Waals surface area (Å²) in [5.41, 5.74) is 6.44. The van der Waals surface area contributed by atoms with Crippen LogP contribution in [0.15, 0.2) is 42.6 Å². The van der Waals surface area contributed by atoms with Crippen LogP contribution in [0.3, 0.4) is 0 Å². The number of hydrogen-bond acceptors (Lipinski definition) is 3. The molecule has 0 aliphatic rings. The first kappa shape index (κ1) is 13.6. The molecule has 7 heteroatoms. The third-order valence-electron chi connectivity index (χ3n) is 3.08. The van der Waals surface area contributed by atoms with E-state index in [9.17, 15) is 13.2 Å². The van der Waals surface area contributed by atoms with Crippen LogP contribution in [0, 0.1) is 0 Å².